The van der Waals surface area contributed by atoms with Gasteiger partial charge in [-0.15, -0.1) is 0 Å². The van der Waals surface area contributed by atoms with Crippen molar-refractivity contribution in [1.82, 2.24) is 14.9 Å². The molecule has 1 fully saturated rings. The minimum Gasteiger partial charge on any atom is -0.478 e. The van der Waals surface area contributed by atoms with Crippen molar-refractivity contribution in [3.8, 4) is 5.69 Å². The van der Waals surface area contributed by atoms with Crippen LogP contribution in [0.5, 0.6) is 0 Å². The smallest absolute Gasteiger partial charge is 0.335 e. The number of aryl methyl sites for hydroxylation is 2. The Morgan fingerprint density at radius 1 is 1.02 bits per heavy atom. The number of pyridine rings is 1. The molecule has 2 aromatic heterocycles. The van der Waals surface area contributed by atoms with Crippen molar-refractivity contribution in [1.29, 1.82) is 0 Å². The number of nitrogens with one attached hydrogen (secondary N) is 2. The van der Waals surface area contributed by atoms with Crippen molar-refractivity contribution in [2.45, 2.75) is 46.2 Å². The first-order valence-corrected chi connectivity index (χ1v) is 13.5. The molecule has 1 saturated heterocycles. The van der Waals surface area contributed by atoms with Gasteiger partial charge in [-0.05, 0) is 98.7 Å². The summed E-state index contributed by atoms with van der Waals surface area (Å²) in [7, 11) is 0. The van der Waals surface area contributed by atoms with Gasteiger partial charge in [0.05, 0.1) is 23.3 Å². The van der Waals surface area contributed by atoms with Crippen molar-refractivity contribution < 1.29 is 14.7 Å². The number of carboxylic acid groups (broad SMARTS) is 1. The number of benzene rings is 2. The fourth-order valence-electron chi connectivity index (χ4n) is 5.39. The van der Waals surface area contributed by atoms with Crippen LogP contribution in [0.15, 0.2) is 72.9 Å². The van der Waals surface area contributed by atoms with Crippen LogP contribution < -0.4 is 15.5 Å². The van der Waals surface area contributed by atoms with E-state index in [0.717, 1.165) is 45.3 Å². The summed E-state index contributed by atoms with van der Waals surface area (Å²) in [4.78, 5) is 30.4. The van der Waals surface area contributed by atoms with Gasteiger partial charge in [0.2, 0.25) is 5.91 Å². The average molecular weight is 554 g/mol. The molecular formula is C31H31N5O3S. The standard InChI is InChI=1S/C31H31N5O3S/c1-5-27(37)33-25-13-12-23(15-18(25)2)36-29(28(34-31(36)40)26-11-6-7-14-32-26)24-16-19(3)35(20(24)4)22-10-8-9-21(17-22)30(38)39/h6-17,28-29H,5H2,1-4H3,(H,33,37)(H,34,40)(H,38,39)/t28-,29-/m0/s1. The van der Waals surface area contributed by atoms with E-state index in [1.165, 1.54) is 0 Å². The van der Waals surface area contributed by atoms with Crippen molar-refractivity contribution >= 4 is 40.6 Å². The van der Waals surface area contributed by atoms with E-state index in [4.69, 9.17) is 12.2 Å². The normalized spacial score (nSPS) is 16.6. The maximum atomic E-state index is 12.0. The molecule has 4 aromatic rings. The number of carbonyl (C=O) groups excluding carboxylic acids is 1. The number of aromatic carboxylic acids is 1. The molecule has 204 valence electrons. The highest BCUT2D eigenvalue weighted by atomic mass is 32.1. The number of carbonyl (C=O) groups is 2. The van der Waals surface area contributed by atoms with E-state index in [2.05, 4.69) is 31.2 Å². The van der Waals surface area contributed by atoms with Crippen LogP contribution in [-0.4, -0.2) is 31.6 Å². The number of carboxylic acids is 1. The molecule has 3 N–H and O–H groups in total. The molecule has 0 saturated carbocycles. The van der Waals surface area contributed by atoms with E-state index >= 15 is 0 Å². The molecule has 0 aliphatic carbocycles. The zero-order valence-electron chi connectivity index (χ0n) is 22.8. The quantitative estimate of drug-likeness (QED) is 0.241. The lowest BCUT2D eigenvalue weighted by Crippen LogP contribution is -2.29. The van der Waals surface area contributed by atoms with Gasteiger partial charge in [0.1, 0.15) is 0 Å². The van der Waals surface area contributed by atoms with Crippen LogP contribution in [0.4, 0.5) is 11.4 Å². The molecule has 0 unspecified atom stereocenters. The summed E-state index contributed by atoms with van der Waals surface area (Å²) < 4.78 is 2.07. The largest absolute Gasteiger partial charge is 0.478 e. The van der Waals surface area contributed by atoms with E-state index < -0.39 is 5.97 Å². The van der Waals surface area contributed by atoms with Gasteiger partial charge in [-0.2, -0.15) is 0 Å². The van der Waals surface area contributed by atoms with Crippen molar-refractivity contribution in [2.24, 2.45) is 0 Å². The number of thiocarbonyl (C=S) groups is 1. The number of hydrogen-bond donors (Lipinski definition) is 3. The highest BCUT2D eigenvalue weighted by Gasteiger charge is 2.42. The van der Waals surface area contributed by atoms with Crippen LogP contribution in [0.1, 0.15) is 64.0 Å². The summed E-state index contributed by atoms with van der Waals surface area (Å²) in [6, 6.07) is 20.4. The van der Waals surface area contributed by atoms with E-state index in [1.807, 2.05) is 70.2 Å². The molecule has 1 aliphatic heterocycles. The second-order valence-electron chi connectivity index (χ2n) is 9.91. The van der Waals surface area contributed by atoms with E-state index in [-0.39, 0.29) is 23.6 Å². The second-order valence-corrected chi connectivity index (χ2v) is 10.3. The highest BCUT2D eigenvalue weighted by Crippen LogP contribution is 2.44. The fourth-order valence-corrected chi connectivity index (χ4v) is 5.73. The predicted molar refractivity (Wildman–Crippen MR) is 160 cm³/mol. The molecule has 2 atom stereocenters. The van der Waals surface area contributed by atoms with E-state index in [9.17, 15) is 14.7 Å². The Balaban J connectivity index is 1.64. The Morgan fingerprint density at radius 2 is 1.82 bits per heavy atom. The fraction of sp³-hybridized carbons (Fsp3) is 0.226. The molecule has 9 heteroatoms. The first kappa shape index (κ1) is 27.1. The maximum Gasteiger partial charge on any atom is 0.335 e. The summed E-state index contributed by atoms with van der Waals surface area (Å²) in [6.45, 7) is 7.84. The summed E-state index contributed by atoms with van der Waals surface area (Å²) in [5.74, 6) is -1.01. The van der Waals surface area contributed by atoms with Crippen LogP contribution >= 0.6 is 12.2 Å². The van der Waals surface area contributed by atoms with Crippen LogP contribution in [0.25, 0.3) is 5.69 Å². The number of anilines is 2. The van der Waals surface area contributed by atoms with E-state index in [1.54, 1.807) is 24.4 Å². The van der Waals surface area contributed by atoms with Gasteiger partial charge in [-0.25, -0.2) is 4.79 Å². The zero-order chi connectivity index (χ0) is 28.6. The topological polar surface area (TPSA) is 99.5 Å². The second kappa shape index (κ2) is 10.9. The maximum absolute atomic E-state index is 12.0. The Kier molecular flexibility index (Phi) is 7.40. The summed E-state index contributed by atoms with van der Waals surface area (Å²) in [6.07, 6.45) is 2.18. The van der Waals surface area contributed by atoms with Gasteiger partial charge >= 0.3 is 5.97 Å². The van der Waals surface area contributed by atoms with Crippen molar-refractivity contribution in [3.63, 3.8) is 0 Å². The highest BCUT2D eigenvalue weighted by molar-refractivity contribution is 7.80. The lowest BCUT2D eigenvalue weighted by Gasteiger charge is -2.29. The van der Waals surface area contributed by atoms with Gasteiger partial charge in [0.15, 0.2) is 5.11 Å². The minimum absolute atomic E-state index is 0.0401. The summed E-state index contributed by atoms with van der Waals surface area (Å²) in [5, 5.41) is 16.6. The molecule has 2 aromatic carbocycles. The monoisotopic (exact) mass is 553 g/mol. The Hall–Kier alpha value is -4.50. The first-order valence-electron chi connectivity index (χ1n) is 13.1. The number of nitrogens with zero attached hydrogens (tertiary/aromatic N) is 3. The van der Waals surface area contributed by atoms with Crippen LogP contribution in [0.2, 0.25) is 0 Å². The predicted octanol–water partition coefficient (Wildman–Crippen LogP) is 6.02. The first-order chi connectivity index (χ1) is 19.2. The van der Waals surface area contributed by atoms with Crippen LogP contribution in [0.3, 0.4) is 0 Å². The average Bonchev–Trinajstić information content (AvgIpc) is 3.44. The molecular weight excluding hydrogens is 522 g/mol. The molecule has 0 spiro atoms. The number of amides is 1. The molecule has 5 rings (SSSR count). The van der Waals surface area contributed by atoms with Crippen molar-refractivity contribution in [2.75, 3.05) is 10.2 Å². The number of hydrogen-bond acceptors (Lipinski definition) is 4. The summed E-state index contributed by atoms with van der Waals surface area (Å²) in [5.41, 5.74) is 7.45. The third-order valence-corrected chi connectivity index (χ3v) is 7.64. The van der Waals surface area contributed by atoms with Crippen molar-refractivity contribution in [3.05, 3.63) is 107 Å². The lowest BCUT2D eigenvalue weighted by molar-refractivity contribution is -0.115. The molecule has 8 nitrogen and oxygen atoms in total. The Bertz CT molecular complexity index is 1610. The Morgan fingerprint density at radius 3 is 2.50 bits per heavy atom. The number of rotatable bonds is 7. The van der Waals surface area contributed by atoms with Gasteiger partial charge in [-0.1, -0.05) is 19.1 Å². The van der Waals surface area contributed by atoms with Crippen LogP contribution in [0, 0.1) is 20.8 Å². The summed E-state index contributed by atoms with van der Waals surface area (Å²) >= 11 is 5.91. The van der Waals surface area contributed by atoms with Gasteiger partial charge in [-0.3, -0.25) is 9.78 Å². The van der Waals surface area contributed by atoms with Gasteiger partial charge in [0.25, 0.3) is 0 Å². The van der Waals surface area contributed by atoms with E-state index in [0.29, 0.717) is 11.5 Å². The SMILES string of the molecule is CCC(=O)Nc1ccc(N2C(=S)N[C@@H](c3ccccn3)[C@@H]2c2cc(C)n(-c3cccc(C(=O)O)c3)c2C)cc1C. The Labute approximate surface area is 238 Å². The number of aromatic nitrogens is 2. The zero-order valence-corrected chi connectivity index (χ0v) is 23.6. The lowest BCUT2D eigenvalue weighted by atomic mass is 9.96. The van der Waals surface area contributed by atoms with Crippen LogP contribution in [-0.2, 0) is 4.79 Å². The third-order valence-electron chi connectivity index (χ3n) is 7.32. The third kappa shape index (κ3) is 4.96. The molecule has 0 bridgehead atoms. The van der Waals surface area contributed by atoms with Gasteiger partial charge < -0.3 is 25.2 Å². The molecule has 0 radical (unpaired) electrons. The molecule has 40 heavy (non-hydrogen) atoms. The molecule has 1 aliphatic rings. The molecule has 1 amide bonds. The molecule has 3 heterocycles. The minimum atomic E-state index is -0.967. The van der Waals surface area contributed by atoms with Gasteiger partial charge in [0, 0.05) is 41.1 Å².